The Morgan fingerprint density at radius 2 is 1.59 bits per heavy atom. The Labute approximate surface area is 174 Å². The predicted octanol–water partition coefficient (Wildman–Crippen LogP) is 3.06. The molecule has 2 heterocycles. The minimum atomic E-state index is -0.213. The highest BCUT2D eigenvalue weighted by Crippen LogP contribution is 2.23. The molecule has 1 N–H and O–H groups in total. The Morgan fingerprint density at radius 3 is 2.28 bits per heavy atom. The Morgan fingerprint density at radius 1 is 0.931 bits per heavy atom. The van der Waals surface area contributed by atoms with E-state index < -0.39 is 0 Å². The molecule has 0 aromatic heterocycles. The monoisotopic (exact) mass is 414 g/mol. The zero-order chi connectivity index (χ0) is 20.2. The number of hydrogen-bond acceptors (Lipinski definition) is 4. The van der Waals surface area contributed by atoms with E-state index in [-0.39, 0.29) is 18.5 Å². The van der Waals surface area contributed by atoms with Gasteiger partial charge in [0, 0.05) is 48.3 Å². The van der Waals surface area contributed by atoms with Crippen LogP contribution in [0.1, 0.15) is 0 Å². The van der Waals surface area contributed by atoms with Crippen molar-refractivity contribution in [2.45, 2.75) is 0 Å². The van der Waals surface area contributed by atoms with Crippen molar-refractivity contribution in [2.75, 3.05) is 61.1 Å². The smallest absolute Gasteiger partial charge is 0.325 e. The lowest BCUT2D eigenvalue weighted by Crippen LogP contribution is -2.37. The SMILES string of the molecule is O=C(CN1CCN(c2ccc(Cl)cc2)C1=O)Nc1ccc(N2CCOCC2)cc1. The van der Waals surface area contributed by atoms with E-state index in [9.17, 15) is 9.59 Å². The molecule has 7 nitrogen and oxygen atoms in total. The molecular formula is C21H23ClN4O3. The number of hydrogen-bond donors (Lipinski definition) is 1. The van der Waals surface area contributed by atoms with Gasteiger partial charge in [0.2, 0.25) is 5.91 Å². The van der Waals surface area contributed by atoms with E-state index >= 15 is 0 Å². The Kier molecular flexibility index (Phi) is 5.87. The van der Waals surface area contributed by atoms with Crippen LogP contribution in [0.15, 0.2) is 48.5 Å². The fraction of sp³-hybridized carbons (Fsp3) is 0.333. The topological polar surface area (TPSA) is 65.1 Å². The third-order valence-electron chi connectivity index (χ3n) is 5.10. The summed E-state index contributed by atoms with van der Waals surface area (Å²) in [5, 5.41) is 3.49. The van der Waals surface area contributed by atoms with Gasteiger partial charge in [-0.15, -0.1) is 0 Å². The lowest BCUT2D eigenvalue weighted by molar-refractivity contribution is -0.116. The molecular weight excluding hydrogens is 392 g/mol. The van der Waals surface area contributed by atoms with Gasteiger partial charge in [-0.1, -0.05) is 11.6 Å². The molecule has 2 aliphatic rings. The van der Waals surface area contributed by atoms with Crippen LogP contribution < -0.4 is 15.1 Å². The number of rotatable bonds is 5. The van der Waals surface area contributed by atoms with Crippen molar-refractivity contribution in [3.63, 3.8) is 0 Å². The third kappa shape index (κ3) is 4.63. The van der Waals surface area contributed by atoms with Gasteiger partial charge in [0.1, 0.15) is 6.54 Å². The second kappa shape index (κ2) is 8.71. The molecule has 0 spiro atoms. The average molecular weight is 415 g/mol. The van der Waals surface area contributed by atoms with E-state index in [1.54, 1.807) is 34.1 Å². The second-order valence-electron chi connectivity index (χ2n) is 7.03. The summed E-state index contributed by atoms with van der Waals surface area (Å²) in [5.74, 6) is -0.213. The lowest BCUT2D eigenvalue weighted by Gasteiger charge is -2.28. The Balaban J connectivity index is 1.31. The third-order valence-corrected chi connectivity index (χ3v) is 5.35. The van der Waals surface area contributed by atoms with Crippen LogP contribution >= 0.6 is 11.6 Å². The number of halogens is 1. The molecule has 0 saturated carbocycles. The summed E-state index contributed by atoms with van der Waals surface area (Å²) in [7, 11) is 0. The number of amides is 3. The predicted molar refractivity (Wildman–Crippen MR) is 114 cm³/mol. The molecule has 2 aliphatic heterocycles. The minimum absolute atomic E-state index is 0.0220. The largest absolute Gasteiger partial charge is 0.378 e. The quantitative estimate of drug-likeness (QED) is 0.816. The number of morpholine rings is 1. The van der Waals surface area contributed by atoms with Crippen molar-refractivity contribution in [1.82, 2.24) is 4.90 Å². The van der Waals surface area contributed by atoms with Gasteiger partial charge < -0.3 is 19.9 Å². The fourth-order valence-corrected chi connectivity index (χ4v) is 3.67. The summed E-state index contributed by atoms with van der Waals surface area (Å²) in [4.78, 5) is 30.5. The van der Waals surface area contributed by atoms with Gasteiger partial charge in [-0.2, -0.15) is 0 Å². The highest BCUT2D eigenvalue weighted by molar-refractivity contribution is 6.30. The number of urea groups is 1. The molecule has 2 saturated heterocycles. The van der Waals surface area contributed by atoms with Gasteiger partial charge in [0.25, 0.3) is 0 Å². The second-order valence-corrected chi connectivity index (χ2v) is 7.46. The first-order valence-electron chi connectivity index (χ1n) is 9.65. The number of carbonyl (C=O) groups excluding carboxylic acids is 2. The number of ether oxygens (including phenoxy) is 1. The highest BCUT2D eigenvalue weighted by Gasteiger charge is 2.30. The maximum atomic E-state index is 12.6. The van der Waals surface area contributed by atoms with Crippen LogP contribution in [0, 0.1) is 0 Å². The summed E-state index contributed by atoms with van der Waals surface area (Å²) in [6, 6.07) is 14.7. The van der Waals surface area contributed by atoms with Crippen molar-refractivity contribution < 1.29 is 14.3 Å². The van der Waals surface area contributed by atoms with E-state index in [4.69, 9.17) is 16.3 Å². The van der Waals surface area contributed by atoms with Crippen LogP contribution in [-0.4, -0.2) is 62.8 Å². The first-order valence-corrected chi connectivity index (χ1v) is 10.0. The van der Waals surface area contributed by atoms with Gasteiger partial charge in [0.15, 0.2) is 0 Å². The van der Waals surface area contributed by atoms with Crippen molar-refractivity contribution in [3.05, 3.63) is 53.6 Å². The molecule has 0 bridgehead atoms. The molecule has 2 aromatic rings. The molecule has 0 unspecified atom stereocenters. The van der Waals surface area contributed by atoms with Crippen LogP contribution in [0.4, 0.5) is 21.9 Å². The molecule has 2 aromatic carbocycles. The van der Waals surface area contributed by atoms with Crippen molar-refractivity contribution in [1.29, 1.82) is 0 Å². The summed E-state index contributed by atoms with van der Waals surface area (Å²) < 4.78 is 5.37. The van der Waals surface area contributed by atoms with Crippen LogP contribution in [0.5, 0.6) is 0 Å². The molecule has 152 valence electrons. The number of nitrogens with one attached hydrogen (secondary N) is 1. The number of benzene rings is 2. The number of nitrogens with zero attached hydrogens (tertiary/aromatic N) is 3. The van der Waals surface area contributed by atoms with Crippen molar-refractivity contribution in [3.8, 4) is 0 Å². The van der Waals surface area contributed by atoms with Crippen molar-refractivity contribution in [2.24, 2.45) is 0 Å². The van der Waals surface area contributed by atoms with E-state index in [1.807, 2.05) is 24.3 Å². The zero-order valence-electron chi connectivity index (χ0n) is 16.0. The van der Waals surface area contributed by atoms with Gasteiger partial charge in [-0.3, -0.25) is 9.69 Å². The van der Waals surface area contributed by atoms with E-state index in [0.717, 1.165) is 37.7 Å². The van der Waals surface area contributed by atoms with E-state index in [0.29, 0.717) is 23.8 Å². The number of anilines is 3. The normalized spacial score (nSPS) is 17.0. The summed E-state index contributed by atoms with van der Waals surface area (Å²) in [5.41, 5.74) is 2.61. The van der Waals surface area contributed by atoms with Gasteiger partial charge in [-0.25, -0.2) is 4.79 Å². The minimum Gasteiger partial charge on any atom is -0.378 e. The molecule has 29 heavy (non-hydrogen) atoms. The van der Waals surface area contributed by atoms with E-state index in [1.165, 1.54) is 0 Å². The molecule has 2 fully saturated rings. The first kappa shape index (κ1) is 19.5. The van der Waals surface area contributed by atoms with Crippen LogP contribution in [0.2, 0.25) is 5.02 Å². The van der Waals surface area contributed by atoms with Gasteiger partial charge in [-0.05, 0) is 48.5 Å². The van der Waals surface area contributed by atoms with Crippen LogP contribution in [-0.2, 0) is 9.53 Å². The Bertz CT molecular complexity index is 866. The molecule has 8 heteroatoms. The average Bonchev–Trinajstić information content (AvgIpc) is 3.10. The summed E-state index contributed by atoms with van der Waals surface area (Å²) in [6.07, 6.45) is 0. The number of carbonyl (C=O) groups is 2. The molecule has 0 atom stereocenters. The van der Waals surface area contributed by atoms with Gasteiger partial charge in [0.05, 0.1) is 13.2 Å². The summed E-state index contributed by atoms with van der Waals surface area (Å²) >= 11 is 5.91. The van der Waals surface area contributed by atoms with E-state index in [2.05, 4.69) is 10.2 Å². The van der Waals surface area contributed by atoms with Crippen LogP contribution in [0.25, 0.3) is 0 Å². The Hall–Kier alpha value is -2.77. The highest BCUT2D eigenvalue weighted by atomic mass is 35.5. The zero-order valence-corrected chi connectivity index (χ0v) is 16.8. The van der Waals surface area contributed by atoms with Crippen LogP contribution in [0.3, 0.4) is 0 Å². The molecule has 0 radical (unpaired) electrons. The fourth-order valence-electron chi connectivity index (χ4n) is 3.54. The molecule has 3 amide bonds. The molecule has 4 rings (SSSR count). The maximum Gasteiger partial charge on any atom is 0.325 e. The standard InChI is InChI=1S/C21H23ClN4O3/c22-16-1-5-19(6-2-16)26-10-9-25(21(26)28)15-20(27)23-17-3-7-18(8-4-17)24-11-13-29-14-12-24/h1-8H,9-15H2,(H,23,27). The molecule has 0 aliphatic carbocycles. The lowest BCUT2D eigenvalue weighted by atomic mass is 10.2. The van der Waals surface area contributed by atoms with Crippen molar-refractivity contribution >= 4 is 40.6 Å². The first-order chi connectivity index (χ1) is 14.1. The summed E-state index contributed by atoms with van der Waals surface area (Å²) in [6.45, 7) is 4.27. The van der Waals surface area contributed by atoms with Gasteiger partial charge >= 0.3 is 6.03 Å². The maximum absolute atomic E-state index is 12.6.